The number of nitrogens with one attached hydrogen (secondary N) is 1. The molecule has 0 bridgehead atoms. The van der Waals surface area contributed by atoms with Gasteiger partial charge >= 0.3 is 0 Å². The molecule has 6 unspecified atom stereocenters. The molecule has 1 heterocycles. The summed E-state index contributed by atoms with van der Waals surface area (Å²) in [4.78, 5) is 27.3. The van der Waals surface area contributed by atoms with Crippen LogP contribution in [-0.2, 0) is 15.9 Å². The van der Waals surface area contributed by atoms with E-state index in [0.717, 1.165) is 0 Å². The lowest BCUT2D eigenvalue weighted by atomic mass is 9.71. The number of phenols is 2. The number of likely N-dealkylation sites (N-methyl/N-ethyl adjacent to an activating group) is 1. The third-order valence-electron chi connectivity index (χ3n) is 8.39. The lowest BCUT2D eigenvalue weighted by molar-refractivity contribution is -0.250. The van der Waals surface area contributed by atoms with Gasteiger partial charge in [-0.1, -0.05) is 12.1 Å². The first-order chi connectivity index (χ1) is 19.0. The van der Waals surface area contributed by atoms with Crippen LogP contribution in [0.2, 0.25) is 0 Å². The van der Waals surface area contributed by atoms with Crippen LogP contribution in [0.4, 0.5) is 0 Å². The van der Waals surface area contributed by atoms with Gasteiger partial charge in [0.2, 0.25) is 5.78 Å². The van der Waals surface area contributed by atoms with Crippen molar-refractivity contribution in [2.45, 2.75) is 68.5 Å². The number of ether oxygens (including phenoxy) is 3. The molecule has 1 aliphatic heterocycles. The zero-order valence-corrected chi connectivity index (χ0v) is 22.4. The fourth-order valence-electron chi connectivity index (χ4n) is 6.12. The van der Waals surface area contributed by atoms with E-state index in [4.69, 9.17) is 19.9 Å². The lowest BCUT2D eigenvalue weighted by Crippen LogP contribution is -2.56. The van der Waals surface area contributed by atoms with Crippen molar-refractivity contribution >= 4 is 11.6 Å². The smallest absolute Gasteiger partial charge is 0.202 e. The third kappa shape index (κ3) is 4.27. The van der Waals surface area contributed by atoms with Crippen LogP contribution in [-0.4, -0.2) is 94.0 Å². The number of hydrogen-bond acceptors (Lipinski definition) is 12. The Hall–Kier alpha value is -3.10. The number of carbonyl (C=O) groups excluding carboxylic acids is 2. The first-order valence-electron chi connectivity index (χ1n) is 13.1. The summed E-state index contributed by atoms with van der Waals surface area (Å²) in [5.74, 6) is -2.45. The number of benzene rings is 2. The van der Waals surface area contributed by atoms with E-state index in [1.54, 1.807) is 14.0 Å². The summed E-state index contributed by atoms with van der Waals surface area (Å²) in [6, 6.07) is 2.93. The van der Waals surface area contributed by atoms with Crippen LogP contribution >= 0.6 is 0 Å². The van der Waals surface area contributed by atoms with Crippen molar-refractivity contribution in [2.75, 3.05) is 20.8 Å². The topological polar surface area (TPSA) is 201 Å². The SMILES string of the molecule is CNC1CC(OC2C[C@](O)(C(N)CO)Cc3c(O)c4c(c(O)c32)C(=O)c2c(OC)cccc2C4=O)OC(C)C1O. The number of aliphatic hydroxyl groups excluding tert-OH is 2. The minimum absolute atomic E-state index is 0.00121. The maximum absolute atomic E-state index is 13.7. The molecule has 0 saturated carbocycles. The van der Waals surface area contributed by atoms with Gasteiger partial charge in [-0.3, -0.25) is 9.59 Å². The number of fused-ring (bicyclic) bond motifs is 3. The van der Waals surface area contributed by atoms with Gasteiger partial charge < -0.3 is 50.8 Å². The van der Waals surface area contributed by atoms with Gasteiger partial charge in [0, 0.05) is 42.0 Å². The number of methoxy groups -OCH3 is 1. The molecule has 0 aromatic heterocycles. The highest BCUT2D eigenvalue weighted by molar-refractivity contribution is 6.31. The number of carbonyl (C=O) groups is 2. The molecule has 5 rings (SSSR count). The molecule has 12 nitrogen and oxygen atoms in total. The van der Waals surface area contributed by atoms with Gasteiger partial charge in [0.1, 0.15) is 17.2 Å². The van der Waals surface area contributed by atoms with Crippen LogP contribution in [0.1, 0.15) is 68.8 Å². The summed E-state index contributed by atoms with van der Waals surface area (Å²) in [6.07, 6.45) is -3.87. The molecule has 1 fully saturated rings. The van der Waals surface area contributed by atoms with Crippen molar-refractivity contribution in [3.8, 4) is 17.2 Å². The maximum atomic E-state index is 13.7. The predicted octanol–water partition coefficient (Wildman–Crippen LogP) is 0.0202. The quantitative estimate of drug-likeness (QED) is 0.200. The van der Waals surface area contributed by atoms with E-state index in [1.165, 1.54) is 25.3 Å². The Morgan fingerprint density at radius 2 is 1.88 bits per heavy atom. The lowest BCUT2D eigenvalue weighted by Gasteiger charge is -2.44. The maximum Gasteiger partial charge on any atom is 0.202 e. The number of hydrogen-bond donors (Lipinski definition) is 7. The molecule has 40 heavy (non-hydrogen) atoms. The highest BCUT2D eigenvalue weighted by atomic mass is 16.7. The van der Waals surface area contributed by atoms with E-state index in [0.29, 0.717) is 0 Å². The van der Waals surface area contributed by atoms with E-state index in [1.807, 2.05) is 0 Å². The van der Waals surface area contributed by atoms with Crippen LogP contribution in [0.5, 0.6) is 17.2 Å². The Bertz CT molecular complexity index is 1360. The van der Waals surface area contributed by atoms with E-state index in [2.05, 4.69) is 5.32 Å². The number of phenolic OH excluding ortho intramolecular Hbond substituents is 2. The fraction of sp³-hybridized carbons (Fsp3) is 0.500. The van der Waals surface area contributed by atoms with Crippen LogP contribution < -0.4 is 15.8 Å². The summed E-state index contributed by atoms with van der Waals surface area (Å²) in [7, 11) is 3.03. The molecule has 12 heteroatoms. The Morgan fingerprint density at radius 3 is 2.52 bits per heavy atom. The Kier molecular flexibility index (Phi) is 7.38. The third-order valence-corrected chi connectivity index (χ3v) is 8.39. The largest absolute Gasteiger partial charge is 0.507 e. The monoisotopic (exact) mass is 558 g/mol. The molecule has 8 N–H and O–H groups in total. The van der Waals surface area contributed by atoms with E-state index in [9.17, 15) is 35.1 Å². The summed E-state index contributed by atoms with van der Waals surface area (Å²) in [5.41, 5.74) is 3.41. The Labute approximate surface area is 230 Å². The van der Waals surface area contributed by atoms with Gasteiger partial charge in [-0.15, -0.1) is 0 Å². The first-order valence-corrected chi connectivity index (χ1v) is 13.1. The van der Waals surface area contributed by atoms with E-state index >= 15 is 0 Å². The highest BCUT2D eigenvalue weighted by Gasteiger charge is 2.49. The summed E-state index contributed by atoms with van der Waals surface area (Å²) in [6.45, 7) is 1.08. The van der Waals surface area contributed by atoms with Gasteiger partial charge in [0.05, 0.1) is 60.4 Å². The van der Waals surface area contributed by atoms with Crippen molar-refractivity contribution < 1.29 is 49.3 Å². The van der Waals surface area contributed by atoms with Gasteiger partial charge in [0.15, 0.2) is 12.1 Å². The molecule has 2 aliphatic carbocycles. The molecular weight excluding hydrogens is 524 g/mol. The zero-order chi connectivity index (χ0) is 29.1. The molecule has 0 spiro atoms. The average molecular weight is 559 g/mol. The number of nitrogens with two attached hydrogens (primary N) is 1. The van der Waals surface area contributed by atoms with Crippen molar-refractivity contribution in [3.05, 3.63) is 51.6 Å². The predicted molar refractivity (Wildman–Crippen MR) is 140 cm³/mol. The Morgan fingerprint density at radius 1 is 1.18 bits per heavy atom. The normalized spacial score (nSPS) is 30.3. The number of ketones is 2. The van der Waals surface area contributed by atoms with Gasteiger partial charge in [-0.25, -0.2) is 0 Å². The molecule has 216 valence electrons. The minimum atomic E-state index is -1.81. The van der Waals surface area contributed by atoms with Crippen LogP contribution in [0.3, 0.4) is 0 Å². The second-order valence-electron chi connectivity index (χ2n) is 10.7. The summed E-state index contributed by atoms with van der Waals surface area (Å²) >= 11 is 0. The molecule has 3 aliphatic rings. The zero-order valence-electron chi connectivity index (χ0n) is 22.4. The molecule has 1 saturated heterocycles. The van der Waals surface area contributed by atoms with Gasteiger partial charge in [-0.2, -0.15) is 0 Å². The second kappa shape index (κ2) is 10.4. The molecular formula is C28H34N2O10. The molecule has 7 atom stereocenters. The van der Waals surface area contributed by atoms with Crippen LogP contribution in [0.15, 0.2) is 18.2 Å². The summed E-state index contributed by atoms with van der Waals surface area (Å²) in [5, 5.41) is 57.8. The molecule has 0 radical (unpaired) electrons. The average Bonchev–Trinajstić information content (AvgIpc) is 2.94. The number of rotatable bonds is 6. The van der Waals surface area contributed by atoms with Crippen molar-refractivity contribution in [1.82, 2.24) is 5.32 Å². The van der Waals surface area contributed by atoms with Gasteiger partial charge in [0.25, 0.3) is 0 Å². The molecule has 0 amide bonds. The minimum Gasteiger partial charge on any atom is -0.507 e. The second-order valence-corrected chi connectivity index (χ2v) is 10.7. The van der Waals surface area contributed by atoms with Crippen LogP contribution in [0.25, 0.3) is 0 Å². The van der Waals surface area contributed by atoms with Gasteiger partial charge in [-0.05, 0) is 20.0 Å². The highest BCUT2D eigenvalue weighted by Crippen LogP contribution is 2.52. The van der Waals surface area contributed by atoms with Crippen LogP contribution in [0, 0.1) is 0 Å². The first kappa shape index (κ1) is 28.4. The van der Waals surface area contributed by atoms with E-state index < -0.39 is 77.0 Å². The molecule has 2 aromatic rings. The van der Waals surface area contributed by atoms with E-state index in [-0.39, 0.29) is 53.3 Å². The number of aliphatic hydroxyl groups is 3. The fourth-order valence-corrected chi connectivity index (χ4v) is 6.12. The van der Waals surface area contributed by atoms with Crippen molar-refractivity contribution in [1.29, 1.82) is 0 Å². The Balaban J connectivity index is 1.67. The summed E-state index contributed by atoms with van der Waals surface area (Å²) < 4.78 is 17.4. The van der Waals surface area contributed by atoms with Crippen molar-refractivity contribution in [3.63, 3.8) is 0 Å². The van der Waals surface area contributed by atoms with Crippen molar-refractivity contribution in [2.24, 2.45) is 5.73 Å². The molecule has 2 aromatic carbocycles. The standard InChI is InChI=1S/C28H34N2O10/c1-11-23(32)14(30-2)7-18(39-11)40-16-9-28(37,17(29)10-31)8-13-20(16)27(36)22-21(25(13)34)24(33)12-5-4-6-15(38-3)19(12)26(22)35/h4-6,11,14,16-18,23,30-32,34,36-37H,7-10,29H2,1-3H3/t11?,14?,16?,17?,18?,23?,28-/m0/s1. The number of aromatic hydroxyl groups is 2.